The Bertz CT molecular complexity index is 1480. The number of hydrogen-bond acceptors (Lipinski definition) is 9. The number of methoxy groups -OCH3 is 1. The second-order valence-corrected chi connectivity index (χ2v) is 10.4. The van der Waals surface area contributed by atoms with Gasteiger partial charge in [-0.1, -0.05) is 78.9 Å². The van der Waals surface area contributed by atoms with Gasteiger partial charge in [0.15, 0.2) is 12.2 Å². The third kappa shape index (κ3) is 8.92. The van der Waals surface area contributed by atoms with Crippen LogP contribution in [0.2, 0.25) is 0 Å². The zero-order valence-electron chi connectivity index (χ0n) is 25.2. The Morgan fingerprint density at radius 1 is 0.667 bits per heavy atom. The summed E-state index contributed by atoms with van der Waals surface area (Å²) < 4.78 is 42.5. The van der Waals surface area contributed by atoms with Crippen molar-refractivity contribution in [3.8, 4) is 11.5 Å². The molecule has 5 rings (SSSR count). The largest absolute Gasteiger partial charge is 0.497 e. The molecule has 0 bridgehead atoms. The van der Waals surface area contributed by atoms with Crippen molar-refractivity contribution in [2.24, 2.45) is 0 Å². The molecule has 1 fully saturated rings. The molecule has 4 aromatic rings. The third-order valence-corrected chi connectivity index (χ3v) is 7.16. The predicted molar refractivity (Wildman–Crippen MR) is 165 cm³/mol. The first kappa shape index (κ1) is 31.7. The van der Waals surface area contributed by atoms with Crippen molar-refractivity contribution in [2.75, 3.05) is 13.7 Å². The lowest BCUT2D eigenvalue weighted by Gasteiger charge is -2.45. The smallest absolute Gasteiger partial charge is 0.338 e. The van der Waals surface area contributed by atoms with Crippen LogP contribution in [0.4, 0.5) is 0 Å². The summed E-state index contributed by atoms with van der Waals surface area (Å²) in [4.78, 5) is 25.4. The highest BCUT2D eigenvalue weighted by atomic mass is 16.7. The van der Waals surface area contributed by atoms with E-state index in [4.69, 9.17) is 33.2 Å². The molecule has 0 spiro atoms. The lowest BCUT2D eigenvalue weighted by Crippen LogP contribution is -2.63. The Morgan fingerprint density at radius 3 is 1.76 bits per heavy atom. The third-order valence-electron chi connectivity index (χ3n) is 7.16. The van der Waals surface area contributed by atoms with E-state index in [1.807, 2.05) is 66.7 Å². The fourth-order valence-electron chi connectivity index (χ4n) is 4.95. The maximum absolute atomic E-state index is 12.9. The van der Waals surface area contributed by atoms with E-state index in [1.165, 1.54) is 6.92 Å². The maximum Gasteiger partial charge on any atom is 0.338 e. The van der Waals surface area contributed by atoms with Crippen LogP contribution in [0.15, 0.2) is 115 Å². The normalized spacial score (nSPS) is 21.0. The first-order valence-electron chi connectivity index (χ1n) is 14.7. The van der Waals surface area contributed by atoms with Crippen molar-refractivity contribution in [1.29, 1.82) is 0 Å². The van der Waals surface area contributed by atoms with Crippen LogP contribution in [0.25, 0.3) is 0 Å². The molecule has 45 heavy (non-hydrogen) atoms. The van der Waals surface area contributed by atoms with Crippen LogP contribution in [0, 0.1) is 0 Å². The maximum atomic E-state index is 12.9. The monoisotopic (exact) mass is 612 g/mol. The van der Waals surface area contributed by atoms with E-state index >= 15 is 0 Å². The van der Waals surface area contributed by atoms with Crippen LogP contribution in [-0.2, 0) is 41.7 Å². The standard InChI is InChI=1S/C36H36O9/c1-25(37)43-33-32(40-22-26-12-6-3-7-13-26)31(24-42-35(38)28-16-10-5-11-17-28)45-36(44-30-20-18-29(39-2)19-21-30)34(33)41-23-27-14-8-4-9-15-27/h3-21,31-34,36H,22-24H2,1-2H3/t31-,32-,33+,34-,36-/m1/s1. The van der Waals surface area contributed by atoms with Crippen molar-refractivity contribution in [3.05, 3.63) is 132 Å². The number of carbonyl (C=O) groups excluding carboxylic acids is 2. The fourth-order valence-corrected chi connectivity index (χ4v) is 4.95. The van der Waals surface area contributed by atoms with Crippen LogP contribution < -0.4 is 9.47 Å². The van der Waals surface area contributed by atoms with Gasteiger partial charge in [0.2, 0.25) is 6.29 Å². The number of ether oxygens (including phenoxy) is 7. The van der Waals surface area contributed by atoms with Crippen LogP contribution in [0.3, 0.4) is 0 Å². The molecule has 1 heterocycles. The van der Waals surface area contributed by atoms with Crippen LogP contribution in [0.1, 0.15) is 28.4 Å². The predicted octanol–water partition coefficient (Wildman–Crippen LogP) is 5.76. The number of rotatable bonds is 13. The van der Waals surface area contributed by atoms with E-state index in [1.54, 1.807) is 55.6 Å². The zero-order valence-corrected chi connectivity index (χ0v) is 25.2. The molecule has 0 amide bonds. The van der Waals surface area contributed by atoms with Gasteiger partial charge in [-0.3, -0.25) is 4.79 Å². The minimum Gasteiger partial charge on any atom is -0.497 e. The summed E-state index contributed by atoms with van der Waals surface area (Å²) >= 11 is 0. The molecule has 234 valence electrons. The van der Waals surface area contributed by atoms with E-state index in [0.717, 1.165) is 11.1 Å². The zero-order chi connectivity index (χ0) is 31.4. The highest BCUT2D eigenvalue weighted by Gasteiger charge is 2.51. The first-order chi connectivity index (χ1) is 22.0. The van der Waals surface area contributed by atoms with Crippen LogP contribution in [-0.4, -0.2) is 56.4 Å². The molecule has 0 aliphatic carbocycles. The van der Waals surface area contributed by atoms with Gasteiger partial charge in [-0.15, -0.1) is 0 Å². The average Bonchev–Trinajstić information content (AvgIpc) is 3.08. The van der Waals surface area contributed by atoms with Gasteiger partial charge in [0.1, 0.15) is 30.3 Å². The summed E-state index contributed by atoms with van der Waals surface area (Å²) in [7, 11) is 1.58. The second-order valence-electron chi connectivity index (χ2n) is 10.4. The summed E-state index contributed by atoms with van der Waals surface area (Å²) in [5.74, 6) is 0.0629. The molecule has 0 radical (unpaired) electrons. The number of carbonyl (C=O) groups is 2. The molecule has 1 saturated heterocycles. The molecule has 0 saturated carbocycles. The summed E-state index contributed by atoms with van der Waals surface area (Å²) in [5, 5.41) is 0. The van der Waals surface area contributed by atoms with E-state index in [9.17, 15) is 9.59 Å². The summed E-state index contributed by atoms with van der Waals surface area (Å²) in [6, 6.07) is 34.8. The molecule has 0 unspecified atom stereocenters. The van der Waals surface area contributed by atoms with Gasteiger partial charge in [0.25, 0.3) is 0 Å². The highest BCUT2D eigenvalue weighted by molar-refractivity contribution is 5.89. The van der Waals surface area contributed by atoms with E-state index in [-0.39, 0.29) is 19.8 Å². The Balaban J connectivity index is 1.46. The summed E-state index contributed by atoms with van der Waals surface area (Å²) in [6.07, 6.45) is -4.73. The Kier molecular flexibility index (Phi) is 11.2. The van der Waals surface area contributed by atoms with Crippen LogP contribution >= 0.6 is 0 Å². The number of benzene rings is 4. The molecule has 9 nitrogen and oxygen atoms in total. The number of hydrogen-bond donors (Lipinski definition) is 0. The summed E-state index contributed by atoms with van der Waals surface area (Å²) in [6.45, 7) is 1.50. The minimum atomic E-state index is -1.07. The summed E-state index contributed by atoms with van der Waals surface area (Å²) in [5.41, 5.74) is 2.20. The molecular weight excluding hydrogens is 576 g/mol. The molecule has 5 atom stereocenters. The van der Waals surface area contributed by atoms with Gasteiger partial charge in [-0.25, -0.2) is 4.79 Å². The molecular formula is C36H36O9. The van der Waals surface area contributed by atoms with Gasteiger partial charge in [-0.2, -0.15) is 0 Å². The Morgan fingerprint density at radius 2 is 1.20 bits per heavy atom. The molecule has 1 aliphatic rings. The Labute approximate surface area is 262 Å². The average molecular weight is 613 g/mol. The molecule has 4 aromatic carbocycles. The van der Waals surface area contributed by atoms with E-state index in [2.05, 4.69) is 0 Å². The van der Waals surface area contributed by atoms with Gasteiger partial charge in [0.05, 0.1) is 25.9 Å². The molecule has 1 aliphatic heterocycles. The van der Waals surface area contributed by atoms with Gasteiger partial charge in [0, 0.05) is 6.92 Å². The first-order valence-corrected chi connectivity index (χ1v) is 14.7. The van der Waals surface area contributed by atoms with Crippen molar-refractivity contribution in [3.63, 3.8) is 0 Å². The SMILES string of the molecule is COc1ccc(O[C@@H]2O[C@H](COC(=O)c3ccccc3)[C@@H](OCc3ccccc3)[C@H](OC(C)=O)[C@H]2OCc2ccccc2)cc1. The number of esters is 2. The van der Waals surface area contributed by atoms with Crippen molar-refractivity contribution in [2.45, 2.75) is 50.8 Å². The fraction of sp³-hybridized carbons (Fsp3) is 0.278. The lowest BCUT2D eigenvalue weighted by atomic mass is 9.97. The van der Waals surface area contributed by atoms with Crippen molar-refractivity contribution < 1.29 is 42.7 Å². The van der Waals surface area contributed by atoms with E-state index in [0.29, 0.717) is 17.1 Å². The Hall–Kier alpha value is -4.70. The van der Waals surface area contributed by atoms with Crippen molar-refractivity contribution >= 4 is 11.9 Å². The highest BCUT2D eigenvalue weighted by Crippen LogP contribution is 2.32. The molecule has 0 N–H and O–H groups in total. The minimum absolute atomic E-state index is 0.186. The van der Waals surface area contributed by atoms with Gasteiger partial charge >= 0.3 is 11.9 Å². The molecule has 9 heteroatoms. The van der Waals surface area contributed by atoms with Crippen molar-refractivity contribution in [1.82, 2.24) is 0 Å². The lowest BCUT2D eigenvalue weighted by molar-refractivity contribution is -0.301. The quantitative estimate of drug-likeness (QED) is 0.175. The van der Waals surface area contributed by atoms with Crippen LogP contribution in [0.5, 0.6) is 11.5 Å². The second kappa shape index (κ2) is 15.9. The van der Waals surface area contributed by atoms with E-state index < -0.39 is 42.6 Å². The topological polar surface area (TPSA) is 98.8 Å². The van der Waals surface area contributed by atoms with Gasteiger partial charge < -0.3 is 33.2 Å². The molecule has 0 aromatic heterocycles. The van der Waals surface area contributed by atoms with Gasteiger partial charge in [-0.05, 0) is 47.5 Å².